The van der Waals surface area contributed by atoms with E-state index in [1.54, 1.807) is 0 Å². The minimum absolute atomic E-state index is 0.340. The summed E-state index contributed by atoms with van der Waals surface area (Å²) in [5, 5.41) is 2.41. The van der Waals surface area contributed by atoms with Gasteiger partial charge in [-0.15, -0.1) is 16.9 Å². The molecule has 2 aliphatic heterocycles. The third-order valence-electron chi connectivity index (χ3n) is 2.73. The topological polar surface area (TPSA) is 51.4 Å². The lowest BCUT2D eigenvalue weighted by Crippen LogP contribution is -2.56. The van der Waals surface area contributed by atoms with Crippen molar-refractivity contribution in [2.75, 3.05) is 0 Å². The highest BCUT2D eigenvalue weighted by atomic mass is 32.2. The van der Waals surface area contributed by atoms with Crippen LogP contribution in [0.15, 0.2) is 35.2 Å². The second kappa shape index (κ2) is 4.70. The van der Waals surface area contributed by atoms with E-state index in [0.29, 0.717) is 11.5 Å². The molecule has 0 amide bonds. The maximum Gasteiger partial charge on any atom is 0.104 e. The summed E-state index contributed by atoms with van der Waals surface area (Å²) >= 11 is 1.87. The molecule has 86 valence electrons. The average molecular weight is 237 g/mol. The van der Waals surface area contributed by atoms with Crippen LogP contribution in [-0.4, -0.2) is 16.7 Å². The van der Waals surface area contributed by atoms with Crippen molar-refractivity contribution < 1.29 is 0 Å². The summed E-state index contributed by atoms with van der Waals surface area (Å²) in [6.07, 6.45) is 2.61. The predicted octanol–water partition coefficient (Wildman–Crippen LogP) is 0.559. The number of nitrogens with zero attached hydrogens (tertiary/aromatic N) is 1. The Balaban J connectivity index is 1.60. The molecule has 1 aromatic carbocycles. The summed E-state index contributed by atoms with van der Waals surface area (Å²) in [6, 6.07) is 10.5. The molecular formula is C10H15N5S. The van der Waals surface area contributed by atoms with E-state index in [9.17, 15) is 0 Å². The van der Waals surface area contributed by atoms with Crippen molar-refractivity contribution in [1.29, 1.82) is 0 Å². The molecule has 2 fully saturated rings. The monoisotopic (exact) mass is 237 g/mol. The van der Waals surface area contributed by atoms with Crippen LogP contribution in [0.5, 0.6) is 0 Å². The molecule has 2 aliphatic rings. The van der Waals surface area contributed by atoms with Gasteiger partial charge in [0.2, 0.25) is 0 Å². The molecule has 5 nitrogen and oxygen atoms in total. The van der Waals surface area contributed by atoms with Crippen LogP contribution in [0, 0.1) is 0 Å². The van der Waals surface area contributed by atoms with Crippen LogP contribution in [0.4, 0.5) is 0 Å². The first-order chi connectivity index (χ1) is 7.92. The van der Waals surface area contributed by atoms with Gasteiger partial charge in [0.15, 0.2) is 0 Å². The summed E-state index contributed by atoms with van der Waals surface area (Å²) in [5.74, 6) is 0. The Hall–Kier alpha value is -0.630. The fourth-order valence-corrected chi connectivity index (χ4v) is 2.98. The van der Waals surface area contributed by atoms with Crippen molar-refractivity contribution in [2.45, 2.75) is 29.3 Å². The third-order valence-corrected chi connectivity index (χ3v) is 3.90. The summed E-state index contributed by atoms with van der Waals surface area (Å²) < 4.78 is 0. The van der Waals surface area contributed by atoms with E-state index in [1.807, 2.05) is 22.9 Å². The normalized spacial score (nSPS) is 30.2. The van der Waals surface area contributed by atoms with E-state index in [2.05, 4.69) is 46.2 Å². The molecule has 2 unspecified atom stereocenters. The highest BCUT2D eigenvalue weighted by molar-refractivity contribution is 7.99. The Kier molecular flexibility index (Phi) is 3.09. The fraction of sp³-hybridized carbons (Fsp3) is 0.400. The van der Waals surface area contributed by atoms with Crippen LogP contribution in [0.1, 0.15) is 12.8 Å². The number of rotatable bonds is 2. The number of nitrogens with one attached hydrogen (secondary N) is 4. The maximum absolute atomic E-state index is 3.42. The SMILES string of the molecule is c1ccc(SC2CCC3NNNN3N2)cc1. The summed E-state index contributed by atoms with van der Waals surface area (Å²) in [4.78, 5) is 1.30. The number of fused-ring (bicyclic) bond motifs is 1. The molecule has 0 aliphatic carbocycles. The van der Waals surface area contributed by atoms with Crippen molar-refractivity contribution in [1.82, 2.24) is 27.0 Å². The Morgan fingerprint density at radius 2 is 2.06 bits per heavy atom. The van der Waals surface area contributed by atoms with Gasteiger partial charge in [0, 0.05) is 4.90 Å². The van der Waals surface area contributed by atoms with E-state index >= 15 is 0 Å². The first kappa shape index (κ1) is 10.5. The second-order valence-corrected chi connectivity index (χ2v) is 5.17. The molecule has 2 heterocycles. The molecular weight excluding hydrogens is 222 g/mol. The number of benzene rings is 1. The molecule has 3 rings (SSSR count). The summed E-state index contributed by atoms with van der Waals surface area (Å²) in [7, 11) is 0. The number of hydrogen-bond acceptors (Lipinski definition) is 6. The quantitative estimate of drug-likeness (QED) is 0.603. The van der Waals surface area contributed by atoms with Gasteiger partial charge < -0.3 is 0 Å². The van der Waals surface area contributed by atoms with Gasteiger partial charge in [-0.1, -0.05) is 18.2 Å². The van der Waals surface area contributed by atoms with Crippen LogP contribution < -0.4 is 21.9 Å². The van der Waals surface area contributed by atoms with Gasteiger partial charge in [0.05, 0.1) is 5.37 Å². The second-order valence-electron chi connectivity index (χ2n) is 3.89. The lowest BCUT2D eigenvalue weighted by atomic mass is 10.2. The molecule has 16 heavy (non-hydrogen) atoms. The molecule has 1 aromatic rings. The first-order valence-electron chi connectivity index (χ1n) is 5.45. The van der Waals surface area contributed by atoms with Gasteiger partial charge in [-0.3, -0.25) is 0 Å². The number of hydrogen-bond donors (Lipinski definition) is 4. The Morgan fingerprint density at radius 3 is 2.94 bits per heavy atom. The molecule has 2 atom stereocenters. The Labute approximate surface area is 98.8 Å². The van der Waals surface area contributed by atoms with E-state index < -0.39 is 0 Å². The van der Waals surface area contributed by atoms with E-state index in [0.717, 1.165) is 12.8 Å². The number of thioether (sulfide) groups is 1. The van der Waals surface area contributed by atoms with Crippen molar-refractivity contribution in [2.24, 2.45) is 0 Å². The minimum atomic E-state index is 0.340. The molecule has 6 heteroatoms. The Bertz CT molecular complexity index is 346. The summed E-state index contributed by atoms with van der Waals surface area (Å²) in [6.45, 7) is 0. The van der Waals surface area contributed by atoms with Crippen LogP contribution >= 0.6 is 11.8 Å². The van der Waals surface area contributed by atoms with Crippen LogP contribution in [0.3, 0.4) is 0 Å². The highest BCUT2D eigenvalue weighted by Crippen LogP contribution is 2.27. The molecule has 0 spiro atoms. The molecule has 0 saturated carbocycles. The van der Waals surface area contributed by atoms with Gasteiger partial charge in [-0.05, 0) is 25.0 Å². The zero-order chi connectivity index (χ0) is 10.8. The van der Waals surface area contributed by atoms with Crippen LogP contribution in [-0.2, 0) is 0 Å². The zero-order valence-corrected chi connectivity index (χ0v) is 9.63. The molecule has 0 aromatic heterocycles. The van der Waals surface area contributed by atoms with Gasteiger partial charge in [-0.25, -0.2) is 10.9 Å². The third kappa shape index (κ3) is 2.22. The Morgan fingerprint density at radius 1 is 1.19 bits per heavy atom. The van der Waals surface area contributed by atoms with E-state index in [-0.39, 0.29) is 0 Å². The van der Waals surface area contributed by atoms with E-state index in [4.69, 9.17) is 0 Å². The van der Waals surface area contributed by atoms with Crippen molar-refractivity contribution in [3.8, 4) is 0 Å². The number of hydrazine groups is 4. The largest absolute Gasteiger partial charge is 0.225 e. The van der Waals surface area contributed by atoms with Crippen LogP contribution in [0.25, 0.3) is 0 Å². The molecule has 0 radical (unpaired) electrons. The lowest BCUT2D eigenvalue weighted by molar-refractivity contribution is 0.0571. The maximum atomic E-state index is 3.42. The molecule has 4 N–H and O–H groups in total. The lowest BCUT2D eigenvalue weighted by Gasteiger charge is -2.33. The van der Waals surface area contributed by atoms with E-state index in [1.165, 1.54) is 4.90 Å². The molecule has 2 saturated heterocycles. The predicted molar refractivity (Wildman–Crippen MR) is 63.5 cm³/mol. The van der Waals surface area contributed by atoms with Crippen molar-refractivity contribution in [3.05, 3.63) is 30.3 Å². The van der Waals surface area contributed by atoms with Crippen LogP contribution in [0.2, 0.25) is 0 Å². The van der Waals surface area contributed by atoms with Crippen molar-refractivity contribution >= 4 is 11.8 Å². The molecule has 0 bridgehead atoms. The smallest absolute Gasteiger partial charge is 0.104 e. The van der Waals surface area contributed by atoms with Gasteiger partial charge >= 0.3 is 0 Å². The fourth-order valence-electron chi connectivity index (χ4n) is 1.92. The van der Waals surface area contributed by atoms with Gasteiger partial charge in [-0.2, -0.15) is 11.1 Å². The minimum Gasteiger partial charge on any atom is -0.225 e. The highest BCUT2D eigenvalue weighted by Gasteiger charge is 2.31. The first-order valence-corrected chi connectivity index (χ1v) is 6.33. The standard InChI is InChI=1S/C10H15N5S/c1-2-4-8(5-3-1)16-10-7-6-9-11-13-14-15(9)12-10/h1-5,9-14H,6-7H2. The van der Waals surface area contributed by atoms with Gasteiger partial charge in [0.1, 0.15) is 6.17 Å². The average Bonchev–Trinajstić information content (AvgIpc) is 2.77. The van der Waals surface area contributed by atoms with Crippen molar-refractivity contribution in [3.63, 3.8) is 0 Å². The zero-order valence-electron chi connectivity index (χ0n) is 8.81. The summed E-state index contributed by atoms with van der Waals surface area (Å²) in [5.41, 5.74) is 12.5. The van der Waals surface area contributed by atoms with Gasteiger partial charge in [0.25, 0.3) is 0 Å².